The van der Waals surface area contributed by atoms with E-state index < -0.39 is 23.7 Å². The van der Waals surface area contributed by atoms with Crippen LogP contribution in [0.4, 0.5) is 4.39 Å². The fraction of sp³-hybridized carbons (Fsp3) is 0.273. The first-order valence-electron chi connectivity index (χ1n) is 4.83. The molecule has 0 saturated carbocycles. The van der Waals surface area contributed by atoms with Crippen LogP contribution in [0.5, 0.6) is 0 Å². The Morgan fingerprint density at radius 3 is 2.44 bits per heavy atom. The Balaban J connectivity index is 2.73. The number of rotatable bonds is 2. The van der Waals surface area contributed by atoms with E-state index in [2.05, 4.69) is 10.6 Å². The van der Waals surface area contributed by atoms with E-state index in [9.17, 15) is 14.0 Å². The summed E-state index contributed by atoms with van der Waals surface area (Å²) >= 11 is 0. The summed E-state index contributed by atoms with van der Waals surface area (Å²) in [6, 6.07) is 5.54. The van der Waals surface area contributed by atoms with Crippen molar-refractivity contribution in [3.63, 3.8) is 0 Å². The third-order valence-corrected chi connectivity index (χ3v) is 2.15. The zero-order valence-electron chi connectivity index (χ0n) is 9.08. The predicted molar refractivity (Wildman–Crippen MR) is 57.0 cm³/mol. The third kappa shape index (κ3) is 2.79. The summed E-state index contributed by atoms with van der Waals surface area (Å²) in [5.41, 5.74) is 0.347. The van der Waals surface area contributed by atoms with Crippen LogP contribution < -0.4 is 10.6 Å². The number of hydrogen-bond donors (Lipinski definition) is 2. The molecule has 0 unspecified atom stereocenters. The molecule has 1 aromatic rings. The molecule has 0 aromatic heterocycles. The van der Waals surface area contributed by atoms with Crippen molar-refractivity contribution in [1.29, 1.82) is 0 Å². The normalized spacial score (nSPS) is 11.7. The average molecular weight is 224 g/mol. The fourth-order valence-corrected chi connectivity index (χ4v) is 1.28. The molecular weight excluding hydrogens is 211 g/mol. The maximum atomic E-state index is 13.3. The highest BCUT2D eigenvalue weighted by molar-refractivity contribution is 6.35. The number of benzene rings is 1. The fourth-order valence-electron chi connectivity index (χ4n) is 1.28. The lowest BCUT2D eigenvalue weighted by Crippen LogP contribution is -2.39. The zero-order chi connectivity index (χ0) is 12.1. The van der Waals surface area contributed by atoms with Gasteiger partial charge in [0.1, 0.15) is 5.82 Å². The summed E-state index contributed by atoms with van der Waals surface area (Å²) in [5, 5.41) is 4.59. The van der Waals surface area contributed by atoms with Gasteiger partial charge in [-0.3, -0.25) is 9.59 Å². The zero-order valence-corrected chi connectivity index (χ0v) is 9.08. The van der Waals surface area contributed by atoms with Gasteiger partial charge in [0.2, 0.25) is 0 Å². The van der Waals surface area contributed by atoms with E-state index >= 15 is 0 Å². The second-order valence-corrected chi connectivity index (χ2v) is 3.30. The summed E-state index contributed by atoms with van der Waals surface area (Å²) < 4.78 is 13.3. The third-order valence-electron chi connectivity index (χ3n) is 2.15. The Bertz CT molecular complexity index is 407. The van der Waals surface area contributed by atoms with Crippen LogP contribution in [-0.4, -0.2) is 18.9 Å². The van der Waals surface area contributed by atoms with Gasteiger partial charge < -0.3 is 10.6 Å². The molecule has 0 aliphatic heterocycles. The Morgan fingerprint density at radius 1 is 1.25 bits per heavy atom. The first-order chi connectivity index (χ1) is 7.56. The van der Waals surface area contributed by atoms with Crippen molar-refractivity contribution in [3.05, 3.63) is 35.6 Å². The van der Waals surface area contributed by atoms with Gasteiger partial charge in [0.05, 0.1) is 6.04 Å². The first kappa shape index (κ1) is 12.2. The van der Waals surface area contributed by atoms with E-state index in [4.69, 9.17) is 0 Å². The van der Waals surface area contributed by atoms with Crippen LogP contribution in [0, 0.1) is 5.82 Å². The van der Waals surface area contributed by atoms with Crippen molar-refractivity contribution in [2.45, 2.75) is 13.0 Å². The Hall–Kier alpha value is -1.91. The van der Waals surface area contributed by atoms with Crippen LogP contribution in [-0.2, 0) is 9.59 Å². The highest BCUT2D eigenvalue weighted by Gasteiger charge is 2.17. The number of halogens is 1. The second-order valence-electron chi connectivity index (χ2n) is 3.30. The molecule has 0 radical (unpaired) electrons. The SMILES string of the molecule is CNC(=O)C(=O)N[C@H](C)c1ccccc1F. The van der Waals surface area contributed by atoms with Gasteiger partial charge in [-0.15, -0.1) is 0 Å². The van der Waals surface area contributed by atoms with Crippen molar-refractivity contribution in [2.75, 3.05) is 7.05 Å². The lowest BCUT2D eigenvalue weighted by atomic mass is 10.1. The van der Waals surface area contributed by atoms with E-state index in [0.29, 0.717) is 5.56 Å². The van der Waals surface area contributed by atoms with Crippen LogP contribution in [0.3, 0.4) is 0 Å². The highest BCUT2D eigenvalue weighted by atomic mass is 19.1. The number of hydrogen-bond acceptors (Lipinski definition) is 2. The topological polar surface area (TPSA) is 58.2 Å². The van der Waals surface area contributed by atoms with Crippen LogP contribution in [0.15, 0.2) is 24.3 Å². The van der Waals surface area contributed by atoms with Crippen LogP contribution in [0.1, 0.15) is 18.5 Å². The molecule has 86 valence electrons. The van der Waals surface area contributed by atoms with Gasteiger partial charge in [-0.1, -0.05) is 18.2 Å². The van der Waals surface area contributed by atoms with Gasteiger partial charge in [0, 0.05) is 12.6 Å². The molecular formula is C11H13FN2O2. The smallest absolute Gasteiger partial charge is 0.309 e. The van der Waals surface area contributed by atoms with E-state index in [1.165, 1.54) is 13.1 Å². The summed E-state index contributed by atoms with van der Waals surface area (Å²) in [5.74, 6) is -1.94. The summed E-state index contributed by atoms with van der Waals surface area (Å²) in [6.07, 6.45) is 0. The summed E-state index contributed by atoms with van der Waals surface area (Å²) in [4.78, 5) is 22.2. The largest absolute Gasteiger partial charge is 0.351 e. The van der Waals surface area contributed by atoms with E-state index in [0.717, 1.165) is 0 Å². The summed E-state index contributed by atoms with van der Waals surface area (Å²) in [7, 11) is 1.36. The van der Waals surface area contributed by atoms with Gasteiger partial charge in [0.25, 0.3) is 0 Å². The van der Waals surface area contributed by atoms with Crippen molar-refractivity contribution in [3.8, 4) is 0 Å². The van der Waals surface area contributed by atoms with E-state index in [1.807, 2.05) is 0 Å². The van der Waals surface area contributed by atoms with Gasteiger partial charge in [-0.2, -0.15) is 0 Å². The highest BCUT2D eigenvalue weighted by Crippen LogP contribution is 2.15. The minimum Gasteiger partial charge on any atom is -0.351 e. The van der Waals surface area contributed by atoms with Gasteiger partial charge in [-0.05, 0) is 13.0 Å². The van der Waals surface area contributed by atoms with Crippen LogP contribution in [0.25, 0.3) is 0 Å². The lowest BCUT2D eigenvalue weighted by molar-refractivity contribution is -0.139. The van der Waals surface area contributed by atoms with Crippen molar-refractivity contribution in [2.24, 2.45) is 0 Å². The molecule has 0 spiro atoms. The molecule has 1 aromatic carbocycles. The standard InChI is InChI=1S/C11H13FN2O2/c1-7(14-11(16)10(15)13-2)8-5-3-4-6-9(8)12/h3-7H,1-2H3,(H,13,15)(H,14,16)/t7-/m1/s1. The minimum absolute atomic E-state index is 0.347. The molecule has 1 atom stereocenters. The minimum atomic E-state index is -0.779. The average Bonchev–Trinajstić information content (AvgIpc) is 2.28. The predicted octanol–water partition coefficient (Wildman–Crippen LogP) is 0.749. The van der Waals surface area contributed by atoms with E-state index in [-0.39, 0.29) is 0 Å². The maximum absolute atomic E-state index is 13.3. The molecule has 0 aliphatic rings. The number of carbonyl (C=O) groups is 2. The Kier molecular flexibility index (Phi) is 3.99. The van der Waals surface area contributed by atoms with Crippen LogP contribution in [0.2, 0.25) is 0 Å². The number of likely N-dealkylation sites (N-methyl/N-ethyl adjacent to an activating group) is 1. The van der Waals surface area contributed by atoms with E-state index in [1.54, 1.807) is 25.1 Å². The number of amides is 2. The molecule has 2 amide bonds. The van der Waals surface area contributed by atoms with Gasteiger partial charge in [0.15, 0.2) is 0 Å². The molecule has 0 aliphatic carbocycles. The Morgan fingerprint density at radius 2 is 1.88 bits per heavy atom. The molecule has 0 bridgehead atoms. The lowest BCUT2D eigenvalue weighted by Gasteiger charge is -2.14. The molecule has 0 saturated heterocycles. The summed E-state index contributed by atoms with van der Waals surface area (Å²) in [6.45, 7) is 1.61. The molecule has 1 rings (SSSR count). The molecule has 16 heavy (non-hydrogen) atoms. The van der Waals surface area contributed by atoms with Gasteiger partial charge >= 0.3 is 11.8 Å². The van der Waals surface area contributed by atoms with Crippen LogP contribution >= 0.6 is 0 Å². The molecule has 2 N–H and O–H groups in total. The Labute approximate surface area is 92.8 Å². The van der Waals surface area contributed by atoms with Crippen molar-refractivity contribution >= 4 is 11.8 Å². The quantitative estimate of drug-likeness (QED) is 0.728. The molecule has 0 fully saturated rings. The number of nitrogens with one attached hydrogen (secondary N) is 2. The second kappa shape index (κ2) is 5.25. The van der Waals surface area contributed by atoms with Gasteiger partial charge in [-0.25, -0.2) is 4.39 Å². The molecule has 5 heteroatoms. The van der Waals surface area contributed by atoms with Crippen molar-refractivity contribution in [1.82, 2.24) is 10.6 Å². The monoisotopic (exact) mass is 224 g/mol. The first-order valence-corrected chi connectivity index (χ1v) is 4.83. The number of carbonyl (C=O) groups excluding carboxylic acids is 2. The van der Waals surface area contributed by atoms with Crippen molar-refractivity contribution < 1.29 is 14.0 Å². The molecule has 4 nitrogen and oxygen atoms in total. The maximum Gasteiger partial charge on any atom is 0.309 e. The molecule has 0 heterocycles.